The molecule has 4 aromatic rings. The third kappa shape index (κ3) is 4.17. The Labute approximate surface area is 199 Å². The average Bonchev–Trinajstić information content (AvgIpc) is 3.26. The number of aromatic nitrogens is 5. The molecule has 0 radical (unpaired) electrons. The van der Waals surface area contributed by atoms with Crippen molar-refractivity contribution in [1.82, 2.24) is 28.8 Å². The first-order valence-corrected chi connectivity index (χ1v) is 12.2. The van der Waals surface area contributed by atoms with Crippen molar-refractivity contribution < 1.29 is 12.9 Å². The molecule has 1 saturated carbocycles. The van der Waals surface area contributed by atoms with Crippen molar-refractivity contribution >= 4 is 20.9 Å². The molecule has 180 valence electrons. The summed E-state index contributed by atoms with van der Waals surface area (Å²) in [6.07, 6.45) is 4.07. The van der Waals surface area contributed by atoms with E-state index in [0.717, 1.165) is 4.57 Å². The highest BCUT2D eigenvalue weighted by molar-refractivity contribution is 7.89. The van der Waals surface area contributed by atoms with E-state index in [1.165, 1.54) is 22.8 Å². The molecule has 1 aliphatic carbocycles. The van der Waals surface area contributed by atoms with Gasteiger partial charge >= 0.3 is 5.69 Å². The van der Waals surface area contributed by atoms with Gasteiger partial charge in [-0.15, -0.1) is 0 Å². The molecule has 0 aliphatic heterocycles. The van der Waals surface area contributed by atoms with E-state index in [9.17, 15) is 23.3 Å². The van der Waals surface area contributed by atoms with Crippen molar-refractivity contribution in [2.24, 2.45) is 7.05 Å². The lowest BCUT2D eigenvalue weighted by molar-refractivity contribution is 0.371. The van der Waals surface area contributed by atoms with Crippen molar-refractivity contribution in [3.05, 3.63) is 74.5 Å². The molecule has 0 saturated heterocycles. The molecule has 3 aromatic heterocycles. The van der Waals surface area contributed by atoms with Crippen LogP contribution < -0.4 is 16.0 Å². The number of fused-ring (bicyclic) bond motifs is 1. The number of nitrogens with zero attached hydrogens (tertiary/aromatic N) is 6. The maximum atomic E-state index is 13.4. The first kappa shape index (κ1) is 22.8. The van der Waals surface area contributed by atoms with E-state index in [0.29, 0.717) is 29.9 Å². The summed E-state index contributed by atoms with van der Waals surface area (Å²) in [7, 11) is -2.36. The second-order valence-electron chi connectivity index (χ2n) is 8.70. The van der Waals surface area contributed by atoms with Gasteiger partial charge < -0.3 is 4.52 Å². The fraction of sp³-hybridized carbons (Fsp3) is 0.318. The molecule has 35 heavy (non-hydrogen) atoms. The molecule has 1 aliphatic rings. The third-order valence-corrected chi connectivity index (χ3v) is 7.42. The number of hydrogen-bond donors (Lipinski definition) is 1. The maximum absolute atomic E-state index is 13.4. The molecule has 0 atom stereocenters. The summed E-state index contributed by atoms with van der Waals surface area (Å²) in [4.78, 5) is 26.7. The second-order valence-corrected chi connectivity index (χ2v) is 10.4. The van der Waals surface area contributed by atoms with Crippen LogP contribution in [0.4, 0.5) is 0 Å². The average molecular weight is 496 g/mol. The van der Waals surface area contributed by atoms with Crippen LogP contribution in [0.5, 0.6) is 0 Å². The summed E-state index contributed by atoms with van der Waals surface area (Å²) in [5.74, 6) is 0.403. The monoisotopic (exact) mass is 495 g/mol. The van der Waals surface area contributed by atoms with Crippen LogP contribution in [0.1, 0.15) is 29.9 Å². The highest BCUT2D eigenvalue weighted by atomic mass is 32.2. The number of sulfonamides is 1. The van der Waals surface area contributed by atoms with Crippen molar-refractivity contribution in [3.63, 3.8) is 0 Å². The molecule has 0 bridgehead atoms. The number of rotatable bonds is 7. The van der Waals surface area contributed by atoms with Crippen molar-refractivity contribution in [2.75, 3.05) is 0 Å². The molecule has 1 fully saturated rings. The number of benzene rings is 1. The quantitative estimate of drug-likeness (QED) is 0.391. The topological polar surface area (TPSA) is 158 Å². The molecule has 12 nitrogen and oxygen atoms in total. The van der Waals surface area contributed by atoms with E-state index in [1.54, 1.807) is 37.1 Å². The Morgan fingerprint density at radius 1 is 1.20 bits per heavy atom. The van der Waals surface area contributed by atoms with Gasteiger partial charge in [-0.05, 0) is 38.0 Å². The standard InChI is InChI=1S/C22H21N7O5S/c1-14-7-16(34-25-14)12-28-19-4-3-17(35(32,33)26-22(13-23)5-6-22)8-18(19)20(30)29(21(28)31)11-15-9-24-27(2)10-15/h3-4,7-10,26H,5-6,11-12H2,1-2H3. The van der Waals surface area contributed by atoms with E-state index in [4.69, 9.17) is 4.52 Å². The summed E-state index contributed by atoms with van der Waals surface area (Å²) in [5.41, 5.74) is -0.836. The molecule has 1 N–H and O–H groups in total. The van der Waals surface area contributed by atoms with Crippen LogP contribution in [0, 0.1) is 18.3 Å². The van der Waals surface area contributed by atoms with Crippen LogP contribution in [0.15, 0.2) is 55.7 Å². The van der Waals surface area contributed by atoms with E-state index < -0.39 is 26.8 Å². The minimum absolute atomic E-state index is 0.00855. The van der Waals surface area contributed by atoms with Gasteiger partial charge in [-0.1, -0.05) is 5.16 Å². The Balaban J connectivity index is 1.69. The van der Waals surface area contributed by atoms with Gasteiger partial charge in [0.05, 0.1) is 46.8 Å². The van der Waals surface area contributed by atoms with Gasteiger partial charge in [0.15, 0.2) is 5.76 Å². The minimum Gasteiger partial charge on any atom is -0.359 e. The summed E-state index contributed by atoms with van der Waals surface area (Å²) in [6, 6.07) is 7.61. The largest absolute Gasteiger partial charge is 0.359 e. The Hall–Kier alpha value is -4.02. The molecule has 3 heterocycles. The highest BCUT2D eigenvalue weighted by Gasteiger charge is 2.46. The Kier molecular flexibility index (Phi) is 5.22. The van der Waals surface area contributed by atoms with Gasteiger partial charge in [-0.25, -0.2) is 13.2 Å². The van der Waals surface area contributed by atoms with Gasteiger partial charge in [-0.2, -0.15) is 15.1 Å². The number of nitrogens with one attached hydrogen (secondary N) is 1. The zero-order chi connectivity index (χ0) is 25.0. The van der Waals surface area contributed by atoms with Crippen LogP contribution >= 0.6 is 0 Å². The first-order chi connectivity index (χ1) is 16.6. The van der Waals surface area contributed by atoms with E-state index in [1.807, 2.05) is 6.07 Å². The molecule has 0 spiro atoms. The van der Waals surface area contributed by atoms with E-state index >= 15 is 0 Å². The van der Waals surface area contributed by atoms with Crippen LogP contribution in [0.3, 0.4) is 0 Å². The number of aryl methyl sites for hydroxylation is 2. The van der Waals surface area contributed by atoms with Crippen LogP contribution in [-0.4, -0.2) is 38.0 Å². The van der Waals surface area contributed by atoms with Crippen molar-refractivity contribution in [3.8, 4) is 6.07 Å². The lowest BCUT2D eigenvalue weighted by Crippen LogP contribution is -2.40. The summed E-state index contributed by atoms with van der Waals surface area (Å²) in [6.45, 7) is 1.68. The highest BCUT2D eigenvalue weighted by Crippen LogP contribution is 2.36. The van der Waals surface area contributed by atoms with Crippen LogP contribution in [-0.2, 0) is 30.2 Å². The zero-order valence-electron chi connectivity index (χ0n) is 18.9. The van der Waals surface area contributed by atoms with Gasteiger partial charge in [0, 0.05) is 24.9 Å². The number of hydrogen-bond acceptors (Lipinski definition) is 8. The Morgan fingerprint density at radius 2 is 1.97 bits per heavy atom. The second kappa shape index (κ2) is 8.03. The fourth-order valence-electron chi connectivity index (χ4n) is 3.92. The summed E-state index contributed by atoms with van der Waals surface area (Å²) >= 11 is 0. The first-order valence-electron chi connectivity index (χ1n) is 10.7. The van der Waals surface area contributed by atoms with E-state index in [-0.39, 0.29) is 28.9 Å². The molecule has 0 unspecified atom stereocenters. The van der Waals surface area contributed by atoms with Crippen molar-refractivity contribution in [1.29, 1.82) is 5.26 Å². The molecule has 1 aromatic carbocycles. The lowest BCUT2D eigenvalue weighted by atomic mass is 10.2. The molecule has 13 heteroatoms. The third-order valence-electron chi connectivity index (χ3n) is 5.89. The SMILES string of the molecule is Cc1cc(Cn2c(=O)n(Cc3cnn(C)c3)c(=O)c3cc(S(=O)(=O)NC4(C#N)CC4)ccc32)on1. The van der Waals surface area contributed by atoms with Crippen LogP contribution in [0.2, 0.25) is 0 Å². The molecule has 0 amide bonds. The minimum atomic E-state index is -4.07. The number of nitriles is 1. The Morgan fingerprint density at radius 3 is 2.57 bits per heavy atom. The van der Waals surface area contributed by atoms with E-state index in [2.05, 4.69) is 15.0 Å². The van der Waals surface area contributed by atoms with Crippen molar-refractivity contribution in [2.45, 2.75) is 43.3 Å². The maximum Gasteiger partial charge on any atom is 0.332 e. The predicted molar refractivity (Wildman–Crippen MR) is 123 cm³/mol. The summed E-state index contributed by atoms with van der Waals surface area (Å²) in [5, 5.41) is 17.2. The fourth-order valence-corrected chi connectivity index (χ4v) is 5.33. The predicted octanol–water partition coefficient (Wildman–Crippen LogP) is 0.624. The normalized spacial score (nSPS) is 14.8. The molecular formula is C22H21N7O5S. The smallest absolute Gasteiger partial charge is 0.332 e. The lowest BCUT2D eigenvalue weighted by Gasteiger charge is -2.15. The van der Waals surface area contributed by atoms with Gasteiger partial charge in [0.1, 0.15) is 5.54 Å². The van der Waals surface area contributed by atoms with Crippen LogP contribution in [0.25, 0.3) is 10.9 Å². The summed E-state index contributed by atoms with van der Waals surface area (Å²) < 4.78 is 37.5. The molecular weight excluding hydrogens is 474 g/mol. The Bertz CT molecular complexity index is 1730. The van der Waals surface area contributed by atoms with Gasteiger partial charge in [-0.3, -0.25) is 18.6 Å². The van der Waals surface area contributed by atoms with Gasteiger partial charge in [0.2, 0.25) is 10.0 Å². The zero-order valence-corrected chi connectivity index (χ0v) is 19.7. The van der Waals surface area contributed by atoms with Gasteiger partial charge in [0.25, 0.3) is 5.56 Å². The molecule has 5 rings (SSSR count).